The molecule has 0 atom stereocenters. The first kappa shape index (κ1) is 28.8. The first-order chi connectivity index (χ1) is 18.7. The van der Waals surface area contributed by atoms with Gasteiger partial charge < -0.3 is 19.9 Å². The minimum Gasteiger partial charge on any atom is -0.489 e. The summed E-state index contributed by atoms with van der Waals surface area (Å²) in [6.45, 7) is 2.14. The molecule has 6 nitrogen and oxygen atoms in total. The predicted molar refractivity (Wildman–Crippen MR) is 154 cm³/mol. The maximum absolute atomic E-state index is 13.1. The van der Waals surface area contributed by atoms with Crippen LogP contribution >= 0.6 is 34.8 Å². The van der Waals surface area contributed by atoms with Gasteiger partial charge in [-0.05, 0) is 67.3 Å². The number of carbonyl (C=O) groups excluding carboxylic acids is 2. The summed E-state index contributed by atoms with van der Waals surface area (Å²) >= 11 is 19.2. The molecule has 3 aromatic carbocycles. The van der Waals surface area contributed by atoms with Crippen LogP contribution in [0.25, 0.3) is 5.70 Å². The topological polar surface area (TPSA) is 87.9 Å². The quantitative estimate of drug-likeness (QED) is 0.187. The molecular formula is C30H28Cl3NO5. The Morgan fingerprint density at radius 2 is 1.64 bits per heavy atom. The van der Waals surface area contributed by atoms with E-state index < -0.39 is 5.97 Å². The van der Waals surface area contributed by atoms with E-state index in [1.807, 2.05) is 6.92 Å². The van der Waals surface area contributed by atoms with Gasteiger partial charge in [-0.1, -0.05) is 53.9 Å². The SMILES string of the molecule is CCc1cc(C(=O)OC)ccc1OCc1ccc(OCC(C(=O)C2CC2)=C(N)c2c(Cl)cccc2Cl)cc1Cl. The molecule has 3 aromatic rings. The van der Waals surface area contributed by atoms with E-state index in [0.29, 0.717) is 49.7 Å². The molecule has 0 amide bonds. The summed E-state index contributed by atoms with van der Waals surface area (Å²) in [5, 5.41) is 1.16. The highest BCUT2D eigenvalue weighted by Crippen LogP contribution is 2.37. The predicted octanol–water partition coefficient (Wildman–Crippen LogP) is 7.30. The number of halogens is 3. The molecular weight excluding hydrogens is 561 g/mol. The zero-order valence-electron chi connectivity index (χ0n) is 21.6. The molecule has 1 aliphatic rings. The van der Waals surface area contributed by atoms with Crippen LogP contribution in [0.2, 0.25) is 15.1 Å². The number of Topliss-reactive ketones (excluding diaryl/α,β-unsaturated/α-hetero) is 1. The summed E-state index contributed by atoms with van der Waals surface area (Å²) in [6, 6.07) is 15.4. The molecule has 204 valence electrons. The zero-order chi connectivity index (χ0) is 28.1. The lowest BCUT2D eigenvalue weighted by molar-refractivity contribution is -0.116. The number of hydrogen-bond acceptors (Lipinski definition) is 6. The number of nitrogens with two attached hydrogens (primary N) is 1. The van der Waals surface area contributed by atoms with Crippen molar-refractivity contribution in [3.63, 3.8) is 0 Å². The van der Waals surface area contributed by atoms with Gasteiger partial charge in [-0.15, -0.1) is 0 Å². The standard InChI is InChI=1S/C30H28Cl3NO5/c1-3-17-13-19(30(36)37-2)10-12-26(17)39-15-20-9-11-21(14-25(20)33)38-16-22(29(35)18-7-8-18)28(34)27-23(31)5-4-6-24(27)32/h4-6,9-14,18H,3,7-8,15-16,34H2,1-2H3. The molecule has 1 saturated carbocycles. The maximum atomic E-state index is 13.1. The maximum Gasteiger partial charge on any atom is 0.337 e. The average Bonchev–Trinajstić information content (AvgIpc) is 3.78. The van der Waals surface area contributed by atoms with Gasteiger partial charge in [-0.2, -0.15) is 0 Å². The number of ketones is 1. The number of esters is 1. The second kappa shape index (κ2) is 12.8. The van der Waals surface area contributed by atoms with Crippen molar-refractivity contribution in [1.29, 1.82) is 0 Å². The van der Waals surface area contributed by atoms with Crippen molar-refractivity contribution in [2.75, 3.05) is 13.7 Å². The van der Waals surface area contributed by atoms with Gasteiger partial charge in [0.15, 0.2) is 5.78 Å². The second-order valence-corrected chi connectivity index (χ2v) is 10.3. The molecule has 1 fully saturated rings. The number of hydrogen-bond donors (Lipinski definition) is 1. The van der Waals surface area contributed by atoms with Crippen LogP contribution in [0.5, 0.6) is 11.5 Å². The van der Waals surface area contributed by atoms with Gasteiger partial charge >= 0.3 is 5.97 Å². The third-order valence-corrected chi connectivity index (χ3v) is 7.44. The highest BCUT2D eigenvalue weighted by Gasteiger charge is 2.34. The minimum atomic E-state index is -0.400. The lowest BCUT2D eigenvalue weighted by Gasteiger charge is -2.16. The number of ether oxygens (including phenoxy) is 3. The van der Waals surface area contributed by atoms with Gasteiger partial charge in [0.2, 0.25) is 0 Å². The van der Waals surface area contributed by atoms with Crippen molar-refractivity contribution in [1.82, 2.24) is 0 Å². The molecule has 9 heteroatoms. The summed E-state index contributed by atoms with van der Waals surface area (Å²) in [6.07, 6.45) is 2.31. The van der Waals surface area contributed by atoms with Crippen molar-refractivity contribution in [3.05, 3.63) is 97.5 Å². The van der Waals surface area contributed by atoms with E-state index in [2.05, 4.69) is 0 Å². The monoisotopic (exact) mass is 587 g/mol. The third-order valence-electron chi connectivity index (χ3n) is 6.46. The van der Waals surface area contributed by atoms with Crippen LogP contribution in [0.1, 0.15) is 46.8 Å². The van der Waals surface area contributed by atoms with Gasteiger partial charge in [-0.3, -0.25) is 4.79 Å². The molecule has 0 aliphatic heterocycles. The Bertz CT molecular complexity index is 1410. The number of benzene rings is 3. The number of aryl methyl sites for hydroxylation is 1. The van der Waals surface area contributed by atoms with Gasteiger partial charge in [-0.25, -0.2) is 4.79 Å². The zero-order valence-corrected chi connectivity index (χ0v) is 23.8. The summed E-state index contributed by atoms with van der Waals surface area (Å²) in [4.78, 5) is 24.9. The van der Waals surface area contributed by atoms with Gasteiger partial charge in [0.05, 0.1) is 39.0 Å². The van der Waals surface area contributed by atoms with Crippen LogP contribution in [0.15, 0.2) is 60.2 Å². The fourth-order valence-electron chi connectivity index (χ4n) is 4.07. The molecule has 0 radical (unpaired) electrons. The Kier molecular flexibility index (Phi) is 9.44. The summed E-state index contributed by atoms with van der Waals surface area (Å²) in [5.74, 6) is 0.595. The smallest absolute Gasteiger partial charge is 0.337 e. The molecule has 0 spiro atoms. The molecule has 2 N–H and O–H groups in total. The Labute approximate surface area is 242 Å². The lowest BCUT2D eigenvalue weighted by Crippen LogP contribution is -2.18. The van der Waals surface area contributed by atoms with Crippen LogP contribution in [-0.2, 0) is 22.6 Å². The lowest BCUT2D eigenvalue weighted by atomic mass is 10.0. The number of carbonyl (C=O) groups is 2. The molecule has 4 rings (SSSR count). The summed E-state index contributed by atoms with van der Waals surface area (Å²) < 4.78 is 16.7. The van der Waals surface area contributed by atoms with E-state index >= 15 is 0 Å². The van der Waals surface area contributed by atoms with Crippen LogP contribution in [0, 0.1) is 5.92 Å². The molecule has 0 heterocycles. The Balaban J connectivity index is 1.48. The Morgan fingerprint density at radius 3 is 2.26 bits per heavy atom. The first-order valence-electron chi connectivity index (χ1n) is 12.5. The fourth-order valence-corrected chi connectivity index (χ4v) is 4.89. The second-order valence-electron chi connectivity index (χ2n) is 9.13. The van der Waals surface area contributed by atoms with E-state index in [4.69, 9.17) is 54.7 Å². The van der Waals surface area contributed by atoms with E-state index in [-0.39, 0.29) is 30.6 Å². The van der Waals surface area contributed by atoms with Crippen molar-refractivity contribution in [3.8, 4) is 11.5 Å². The summed E-state index contributed by atoms with van der Waals surface area (Å²) in [7, 11) is 1.35. The van der Waals surface area contributed by atoms with Crippen molar-refractivity contribution in [2.24, 2.45) is 11.7 Å². The number of methoxy groups -OCH3 is 1. The van der Waals surface area contributed by atoms with E-state index in [0.717, 1.165) is 24.0 Å². The highest BCUT2D eigenvalue weighted by atomic mass is 35.5. The van der Waals surface area contributed by atoms with Crippen LogP contribution < -0.4 is 15.2 Å². The Hall–Kier alpha value is -3.19. The Morgan fingerprint density at radius 1 is 0.923 bits per heavy atom. The normalized spacial score (nSPS) is 13.5. The molecule has 0 unspecified atom stereocenters. The van der Waals surface area contributed by atoms with Crippen molar-refractivity contribution in [2.45, 2.75) is 32.8 Å². The average molecular weight is 589 g/mol. The molecule has 0 bridgehead atoms. The van der Waals surface area contributed by atoms with Gasteiger partial charge in [0.1, 0.15) is 24.7 Å². The molecule has 0 aromatic heterocycles. The molecule has 1 aliphatic carbocycles. The fraction of sp³-hybridized carbons (Fsp3) is 0.267. The third kappa shape index (κ3) is 6.88. The largest absolute Gasteiger partial charge is 0.489 e. The first-order valence-corrected chi connectivity index (χ1v) is 13.6. The van der Waals surface area contributed by atoms with Crippen molar-refractivity contribution >= 4 is 52.3 Å². The van der Waals surface area contributed by atoms with Gasteiger partial charge in [0.25, 0.3) is 0 Å². The molecule has 0 saturated heterocycles. The van der Waals surface area contributed by atoms with E-state index in [9.17, 15) is 9.59 Å². The highest BCUT2D eigenvalue weighted by molar-refractivity contribution is 6.37. The summed E-state index contributed by atoms with van der Waals surface area (Å²) in [5.41, 5.74) is 9.47. The van der Waals surface area contributed by atoms with Crippen molar-refractivity contribution < 1.29 is 23.8 Å². The van der Waals surface area contributed by atoms with E-state index in [1.165, 1.54) is 7.11 Å². The minimum absolute atomic E-state index is 0.0543. The molecule has 39 heavy (non-hydrogen) atoms. The van der Waals surface area contributed by atoms with E-state index in [1.54, 1.807) is 54.6 Å². The van der Waals surface area contributed by atoms with Crippen LogP contribution in [0.3, 0.4) is 0 Å². The number of rotatable bonds is 11. The van der Waals surface area contributed by atoms with Crippen LogP contribution in [0.4, 0.5) is 0 Å². The van der Waals surface area contributed by atoms with Crippen LogP contribution in [-0.4, -0.2) is 25.5 Å². The van der Waals surface area contributed by atoms with Gasteiger partial charge in [0, 0.05) is 17.0 Å².